The van der Waals surface area contributed by atoms with E-state index in [1.165, 1.54) is 42.5 Å². The number of phenols is 6. The van der Waals surface area contributed by atoms with Crippen molar-refractivity contribution in [2.75, 3.05) is 0 Å². The van der Waals surface area contributed by atoms with E-state index < -0.39 is 95.1 Å². The highest BCUT2D eigenvalue weighted by Crippen LogP contribution is 2.36. The Morgan fingerprint density at radius 1 is 0.551 bits per heavy atom. The molecule has 1 fully saturated rings. The molecule has 256 valence electrons. The molecule has 0 radical (unpaired) electrons. The predicted molar refractivity (Wildman–Crippen MR) is 168 cm³/mol. The molecule has 0 heterocycles. The van der Waals surface area contributed by atoms with E-state index in [-0.39, 0.29) is 16.7 Å². The summed E-state index contributed by atoms with van der Waals surface area (Å²) in [4.78, 5) is 50.8. The second kappa shape index (κ2) is 15.0. The van der Waals surface area contributed by atoms with Gasteiger partial charge < -0.3 is 55.1 Å². The van der Waals surface area contributed by atoms with Gasteiger partial charge in [-0.25, -0.2) is 19.2 Å². The number of aliphatic hydroxyl groups is 1. The fourth-order valence-electron chi connectivity index (χ4n) is 4.74. The summed E-state index contributed by atoms with van der Waals surface area (Å²) >= 11 is 0. The average molecular weight is 679 g/mol. The van der Waals surface area contributed by atoms with Gasteiger partial charge in [-0.1, -0.05) is 18.2 Å². The minimum Gasteiger partial charge on any atom is -0.504 e. The summed E-state index contributed by atoms with van der Waals surface area (Å²) in [6.07, 6.45) is -0.436. The maximum atomic E-state index is 12.9. The zero-order valence-electron chi connectivity index (χ0n) is 25.2. The molecule has 0 spiro atoms. The number of ether oxygens (including phenoxy) is 3. The van der Waals surface area contributed by atoms with E-state index in [1.54, 1.807) is 0 Å². The molecule has 0 saturated heterocycles. The summed E-state index contributed by atoms with van der Waals surface area (Å²) in [5.74, 6) is -7.71. The van der Waals surface area contributed by atoms with Crippen LogP contribution in [0.1, 0.15) is 29.5 Å². The smallest absolute Gasteiger partial charge is 0.335 e. The highest BCUT2D eigenvalue weighted by atomic mass is 16.6. The van der Waals surface area contributed by atoms with Crippen molar-refractivity contribution in [2.24, 2.45) is 0 Å². The summed E-state index contributed by atoms with van der Waals surface area (Å²) in [5.41, 5.74) is -1.85. The van der Waals surface area contributed by atoms with Crippen LogP contribution in [-0.2, 0) is 33.4 Å². The van der Waals surface area contributed by atoms with Gasteiger partial charge in [-0.3, -0.25) is 0 Å². The number of aromatic hydroxyl groups is 6. The molecule has 49 heavy (non-hydrogen) atoms. The quantitative estimate of drug-likeness (QED) is 0.0664. The molecule has 0 bridgehead atoms. The Balaban J connectivity index is 1.62. The van der Waals surface area contributed by atoms with Gasteiger partial charge in [0.25, 0.3) is 0 Å². The normalized spacial score (nSPS) is 20.7. The van der Waals surface area contributed by atoms with Crippen LogP contribution in [0.25, 0.3) is 18.2 Å². The molecule has 4 rings (SSSR count). The summed E-state index contributed by atoms with van der Waals surface area (Å²) < 4.78 is 16.3. The van der Waals surface area contributed by atoms with Gasteiger partial charge in [-0.15, -0.1) is 0 Å². The summed E-state index contributed by atoms with van der Waals surface area (Å²) in [6.45, 7) is 0. The number of phenolic OH excluding ortho intramolecular Hbond substituents is 6. The van der Waals surface area contributed by atoms with Crippen molar-refractivity contribution in [3.05, 3.63) is 89.5 Å². The molecule has 1 saturated carbocycles. The van der Waals surface area contributed by atoms with Crippen molar-refractivity contribution in [1.82, 2.24) is 0 Å². The number of benzene rings is 3. The van der Waals surface area contributed by atoms with Gasteiger partial charge in [0.1, 0.15) is 12.2 Å². The number of hydrogen-bond acceptors (Lipinski definition) is 14. The van der Waals surface area contributed by atoms with Crippen LogP contribution in [0.4, 0.5) is 0 Å². The van der Waals surface area contributed by atoms with Gasteiger partial charge in [0, 0.05) is 31.1 Å². The van der Waals surface area contributed by atoms with Crippen LogP contribution in [0.2, 0.25) is 0 Å². The molecule has 15 heteroatoms. The maximum Gasteiger partial charge on any atom is 0.335 e. The minimum atomic E-state index is -2.63. The molecule has 1 aliphatic carbocycles. The number of esters is 3. The Kier molecular flexibility index (Phi) is 10.8. The molecule has 3 aromatic carbocycles. The Bertz CT molecular complexity index is 1760. The third-order valence-corrected chi connectivity index (χ3v) is 7.23. The lowest BCUT2D eigenvalue weighted by atomic mass is 9.79. The topological polar surface area (TPSA) is 258 Å². The van der Waals surface area contributed by atoms with Crippen LogP contribution < -0.4 is 0 Å². The Hall–Kier alpha value is -6.48. The first-order chi connectivity index (χ1) is 23.1. The second-order valence-electron chi connectivity index (χ2n) is 10.8. The fraction of sp³-hybridized carbons (Fsp3) is 0.176. The monoisotopic (exact) mass is 678 g/mol. The second-order valence-corrected chi connectivity index (χ2v) is 10.8. The lowest BCUT2D eigenvalue weighted by molar-refractivity contribution is -0.211. The van der Waals surface area contributed by atoms with Crippen molar-refractivity contribution in [3.63, 3.8) is 0 Å². The maximum absolute atomic E-state index is 12.9. The predicted octanol–water partition coefficient (Wildman–Crippen LogP) is 2.71. The molecule has 8 N–H and O–H groups in total. The van der Waals surface area contributed by atoms with E-state index in [4.69, 9.17) is 14.2 Å². The first-order valence-electron chi connectivity index (χ1n) is 14.3. The molecule has 1 aliphatic rings. The summed E-state index contributed by atoms with van der Waals surface area (Å²) in [5, 5.41) is 78.4. The minimum absolute atomic E-state index is 0.256. The number of carbonyl (C=O) groups excluding carboxylic acids is 3. The number of rotatable bonds is 10. The fourth-order valence-corrected chi connectivity index (χ4v) is 4.74. The van der Waals surface area contributed by atoms with Gasteiger partial charge >= 0.3 is 23.9 Å². The van der Waals surface area contributed by atoms with Crippen LogP contribution >= 0.6 is 0 Å². The number of carboxylic acid groups (broad SMARTS) is 1. The van der Waals surface area contributed by atoms with E-state index in [9.17, 15) is 60.0 Å². The molecule has 0 aliphatic heterocycles. The first-order valence-corrected chi connectivity index (χ1v) is 14.3. The number of aliphatic carboxylic acids is 1. The van der Waals surface area contributed by atoms with E-state index in [0.29, 0.717) is 0 Å². The van der Waals surface area contributed by atoms with Gasteiger partial charge in [0.05, 0.1) is 0 Å². The van der Waals surface area contributed by atoms with Crippen LogP contribution in [0.3, 0.4) is 0 Å². The van der Waals surface area contributed by atoms with Gasteiger partial charge in [-0.2, -0.15) is 0 Å². The third-order valence-electron chi connectivity index (χ3n) is 7.23. The van der Waals surface area contributed by atoms with Gasteiger partial charge in [0.2, 0.25) is 0 Å². The molecule has 3 aromatic rings. The van der Waals surface area contributed by atoms with Gasteiger partial charge in [0.15, 0.2) is 46.2 Å². The molecular weight excluding hydrogens is 648 g/mol. The zero-order valence-corrected chi connectivity index (χ0v) is 25.2. The largest absolute Gasteiger partial charge is 0.504 e. The van der Waals surface area contributed by atoms with Crippen molar-refractivity contribution in [1.29, 1.82) is 0 Å². The van der Waals surface area contributed by atoms with E-state index in [1.807, 2.05) is 0 Å². The lowest BCUT2D eigenvalue weighted by Gasteiger charge is -2.41. The molecule has 0 aromatic heterocycles. The first kappa shape index (κ1) is 35.4. The zero-order chi connectivity index (χ0) is 35.9. The van der Waals surface area contributed by atoms with Crippen LogP contribution in [0.15, 0.2) is 72.8 Å². The Morgan fingerprint density at radius 2 is 0.878 bits per heavy atom. The molecule has 0 unspecified atom stereocenters. The Labute approximate surface area is 277 Å². The van der Waals surface area contributed by atoms with Gasteiger partial charge in [-0.05, 0) is 71.3 Å². The number of carboxylic acids is 1. The molecular formula is C34H30O15. The standard InChI is InChI=1S/C34H30O15/c35-21-7-1-18(13-24(21)38)4-10-29(41)47-27-16-34(46,33(44)45)17-28(48-30(42)11-5-19-2-8-22(36)25(39)14-19)32(27)49-31(43)12-6-20-3-9-23(37)26(40)15-20/h1-15,27-28,32,35-40,46H,16-17H2,(H,44,45)/b10-4+,11-5+,12-6+/t27-,28-,32?,34?/m0/s1. The van der Waals surface area contributed by atoms with Crippen molar-refractivity contribution in [3.8, 4) is 34.5 Å². The van der Waals surface area contributed by atoms with E-state index in [2.05, 4.69) is 0 Å². The van der Waals surface area contributed by atoms with Crippen molar-refractivity contribution < 1.29 is 74.2 Å². The van der Waals surface area contributed by atoms with Crippen molar-refractivity contribution >= 4 is 42.1 Å². The number of hydrogen-bond donors (Lipinski definition) is 8. The molecule has 0 amide bonds. The van der Waals surface area contributed by atoms with E-state index >= 15 is 0 Å². The van der Waals surface area contributed by atoms with Crippen LogP contribution in [0.5, 0.6) is 34.5 Å². The van der Waals surface area contributed by atoms with E-state index in [0.717, 1.165) is 48.6 Å². The third kappa shape index (κ3) is 9.30. The highest BCUT2D eigenvalue weighted by molar-refractivity contribution is 5.89. The summed E-state index contributed by atoms with van der Waals surface area (Å²) in [7, 11) is 0. The van der Waals surface area contributed by atoms with Crippen LogP contribution in [-0.4, -0.2) is 88.6 Å². The average Bonchev–Trinajstić information content (AvgIpc) is 3.04. The highest BCUT2D eigenvalue weighted by Gasteiger charge is 2.54. The Morgan fingerprint density at radius 3 is 1.18 bits per heavy atom. The SMILES string of the molecule is O=C(/C=C/c1ccc(O)c(O)c1)OC1[C@@H](OC(=O)/C=C/c2ccc(O)c(O)c2)CC(O)(C(=O)O)C[C@@H]1OC(=O)/C=C/c1ccc(O)c(O)c1. The number of carbonyl (C=O) groups is 4. The van der Waals surface area contributed by atoms with Crippen LogP contribution in [0, 0.1) is 0 Å². The van der Waals surface area contributed by atoms with Crippen molar-refractivity contribution in [2.45, 2.75) is 36.8 Å². The molecule has 15 nitrogen and oxygen atoms in total. The molecule has 2 atom stereocenters. The summed E-state index contributed by atoms with van der Waals surface area (Å²) in [6, 6.07) is 11.0. The lowest BCUT2D eigenvalue weighted by Crippen LogP contribution is -2.59.